The summed E-state index contributed by atoms with van der Waals surface area (Å²) in [5, 5.41) is 17.7. The van der Waals surface area contributed by atoms with E-state index in [1.54, 1.807) is 0 Å². The maximum atomic E-state index is 4.01. The zero-order valence-electron chi connectivity index (χ0n) is 10.0. The number of aromatic amines is 1. The van der Waals surface area contributed by atoms with Crippen LogP contribution in [-0.4, -0.2) is 20.6 Å². The van der Waals surface area contributed by atoms with Gasteiger partial charge in [0.2, 0.25) is 0 Å². The minimum atomic E-state index is 0.0960. The van der Waals surface area contributed by atoms with Crippen molar-refractivity contribution in [2.24, 2.45) is 0 Å². The fraction of sp³-hybridized carbons (Fsp3) is 0.417. The van der Waals surface area contributed by atoms with Gasteiger partial charge in [0, 0.05) is 10.5 Å². The largest absolute Gasteiger partial charge is 0.300 e. The van der Waals surface area contributed by atoms with Crippen LogP contribution in [0.1, 0.15) is 42.4 Å². The number of fused-ring (bicyclic) bond motifs is 1. The molecule has 0 bridgehead atoms. The van der Waals surface area contributed by atoms with Crippen LogP contribution in [0.2, 0.25) is 0 Å². The molecular formula is C12H14BrN5. The summed E-state index contributed by atoms with van der Waals surface area (Å²) >= 11 is 3.61. The van der Waals surface area contributed by atoms with Crippen LogP contribution in [0, 0.1) is 0 Å². The summed E-state index contributed by atoms with van der Waals surface area (Å²) in [6.45, 7) is 2.06. The van der Waals surface area contributed by atoms with E-state index in [-0.39, 0.29) is 6.04 Å². The Bertz CT molecular complexity index is 539. The van der Waals surface area contributed by atoms with Crippen LogP contribution in [0.3, 0.4) is 0 Å². The Morgan fingerprint density at radius 2 is 2.39 bits per heavy atom. The molecule has 2 atom stereocenters. The molecule has 6 heteroatoms. The van der Waals surface area contributed by atoms with E-state index in [0.29, 0.717) is 11.9 Å². The zero-order valence-corrected chi connectivity index (χ0v) is 11.6. The Morgan fingerprint density at radius 3 is 3.17 bits per heavy atom. The van der Waals surface area contributed by atoms with Crippen LogP contribution in [0.15, 0.2) is 22.7 Å². The topological polar surface area (TPSA) is 66.5 Å². The molecule has 5 nitrogen and oxygen atoms in total. The fourth-order valence-electron chi connectivity index (χ4n) is 2.51. The molecule has 0 aliphatic heterocycles. The molecule has 2 aromatic rings. The van der Waals surface area contributed by atoms with Crippen molar-refractivity contribution in [2.45, 2.75) is 31.8 Å². The van der Waals surface area contributed by atoms with E-state index in [2.05, 4.69) is 67.0 Å². The predicted molar refractivity (Wildman–Crippen MR) is 70.9 cm³/mol. The average molecular weight is 308 g/mol. The molecule has 0 saturated heterocycles. The van der Waals surface area contributed by atoms with Gasteiger partial charge in [0.05, 0.1) is 6.04 Å². The number of benzene rings is 1. The molecule has 0 fully saturated rings. The van der Waals surface area contributed by atoms with Gasteiger partial charge in [-0.3, -0.25) is 0 Å². The van der Waals surface area contributed by atoms with Gasteiger partial charge in [-0.1, -0.05) is 33.3 Å². The number of H-pyrrole nitrogens is 1. The lowest BCUT2D eigenvalue weighted by Gasteiger charge is -2.18. The van der Waals surface area contributed by atoms with Gasteiger partial charge in [0.1, 0.15) is 0 Å². The van der Waals surface area contributed by atoms with Crippen LogP contribution in [0.5, 0.6) is 0 Å². The second kappa shape index (κ2) is 4.78. The van der Waals surface area contributed by atoms with E-state index >= 15 is 0 Å². The van der Waals surface area contributed by atoms with Crippen LogP contribution < -0.4 is 5.32 Å². The summed E-state index contributed by atoms with van der Waals surface area (Å²) in [5.74, 6) is 0.707. The first-order valence-electron chi connectivity index (χ1n) is 6.02. The summed E-state index contributed by atoms with van der Waals surface area (Å²) in [5.41, 5.74) is 2.79. The van der Waals surface area contributed by atoms with E-state index in [4.69, 9.17) is 0 Å². The van der Waals surface area contributed by atoms with Gasteiger partial charge in [-0.25, -0.2) is 0 Å². The highest BCUT2D eigenvalue weighted by Crippen LogP contribution is 2.36. The van der Waals surface area contributed by atoms with Crippen molar-refractivity contribution in [3.8, 4) is 0 Å². The zero-order chi connectivity index (χ0) is 12.5. The lowest BCUT2D eigenvalue weighted by molar-refractivity contribution is 0.450. The van der Waals surface area contributed by atoms with E-state index in [0.717, 1.165) is 12.8 Å². The number of hydrogen-bond donors (Lipinski definition) is 2. The molecule has 94 valence electrons. The molecule has 1 heterocycles. The van der Waals surface area contributed by atoms with Gasteiger partial charge >= 0.3 is 0 Å². The monoisotopic (exact) mass is 307 g/mol. The van der Waals surface area contributed by atoms with Crippen molar-refractivity contribution < 1.29 is 0 Å². The van der Waals surface area contributed by atoms with Gasteiger partial charge in [-0.15, -0.1) is 10.2 Å². The number of aromatic nitrogens is 4. The Labute approximate surface area is 113 Å². The molecule has 0 spiro atoms. The Morgan fingerprint density at radius 1 is 1.50 bits per heavy atom. The van der Waals surface area contributed by atoms with Crippen LogP contribution in [-0.2, 0) is 6.42 Å². The number of tetrazole rings is 1. The SMILES string of the molecule is CC(NC1CCc2c(Br)cccc21)c1nn[nH]n1. The third-order valence-corrected chi connectivity index (χ3v) is 4.16. The van der Waals surface area contributed by atoms with Crippen molar-refractivity contribution in [3.05, 3.63) is 39.6 Å². The maximum Gasteiger partial charge on any atom is 0.191 e. The molecule has 1 aliphatic rings. The number of nitrogens with zero attached hydrogens (tertiary/aromatic N) is 3. The molecule has 2 N–H and O–H groups in total. The Kier molecular flexibility index (Phi) is 3.13. The number of hydrogen-bond acceptors (Lipinski definition) is 4. The summed E-state index contributed by atoms with van der Waals surface area (Å²) in [7, 11) is 0. The van der Waals surface area contributed by atoms with Crippen LogP contribution >= 0.6 is 15.9 Å². The summed E-state index contributed by atoms with van der Waals surface area (Å²) in [6, 6.07) is 6.84. The van der Waals surface area contributed by atoms with Crippen molar-refractivity contribution >= 4 is 15.9 Å². The van der Waals surface area contributed by atoms with E-state index in [1.165, 1.54) is 15.6 Å². The molecule has 0 saturated carbocycles. The van der Waals surface area contributed by atoms with Crippen LogP contribution in [0.4, 0.5) is 0 Å². The highest BCUT2D eigenvalue weighted by molar-refractivity contribution is 9.10. The second-order valence-corrected chi connectivity index (χ2v) is 5.41. The summed E-state index contributed by atoms with van der Waals surface area (Å²) in [6.07, 6.45) is 2.22. The fourth-order valence-corrected chi connectivity index (χ4v) is 3.09. The lowest BCUT2D eigenvalue weighted by atomic mass is 10.1. The molecule has 0 radical (unpaired) electrons. The van der Waals surface area contributed by atoms with Crippen molar-refractivity contribution in [3.63, 3.8) is 0 Å². The molecule has 1 aromatic carbocycles. The molecule has 3 rings (SSSR count). The molecule has 0 amide bonds. The third kappa shape index (κ3) is 2.06. The number of nitrogens with one attached hydrogen (secondary N) is 2. The standard InChI is InChI=1S/C12H14BrN5/c1-7(12-15-17-18-16-12)14-11-6-5-8-9(11)3-2-4-10(8)13/h2-4,7,11,14H,5-6H2,1H3,(H,15,16,17,18). The van der Waals surface area contributed by atoms with Gasteiger partial charge in [0.25, 0.3) is 0 Å². The van der Waals surface area contributed by atoms with Crippen LogP contribution in [0.25, 0.3) is 0 Å². The quantitative estimate of drug-likeness (QED) is 0.913. The Hall–Kier alpha value is -1.27. The van der Waals surface area contributed by atoms with Gasteiger partial charge in [-0.2, -0.15) is 5.21 Å². The van der Waals surface area contributed by atoms with Crippen molar-refractivity contribution in [1.82, 2.24) is 25.9 Å². The molecule has 1 aliphatic carbocycles. The highest BCUT2D eigenvalue weighted by atomic mass is 79.9. The first-order chi connectivity index (χ1) is 8.75. The highest BCUT2D eigenvalue weighted by Gasteiger charge is 2.26. The molecule has 2 unspecified atom stereocenters. The van der Waals surface area contributed by atoms with E-state index < -0.39 is 0 Å². The second-order valence-electron chi connectivity index (χ2n) is 4.56. The smallest absolute Gasteiger partial charge is 0.191 e. The lowest BCUT2D eigenvalue weighted by Crippen LogP contribution is -2.23. The maximum absolute atomic E-state index is 4.01. The van der Waals surface area contributed by atoms with Crippen molar-refractivity contribution in [1.29, 1.82) is 0 Å². The third-order valence-electron chi connectivity index (χ3n) is 3.41. The van der Waals surface area contributed by atoms with E-state index in [9.17, 15) is 0 Å². The Balaban J connectivity index is 1.79. The van der Waals surface area contributed by atoms with Crippen molar-refractivity contribution in [2.75, 3.05) is 0 Å². The van der Waals surface area contributed by atoms with Gasteiger partial charge in [-0.05, 0) is 37.0 Å². The van der Waals surface area contributed by atoms with Gasteiger partial charge < -0.3 is 5.32 Å². The first kappa shape index (κ1) is 11.8. The summed E-state index contributed by atoms with van der Waals surface area (Å²) < 4.78 is 1.21. The predicted octanol–water partition coefficient (Wildman–Crippen LogP) is 2.30. The molecular weight excluding hydrogens is 294 g/mol. The van der Waals surface area contributed by atoms with E-state index in [1.807, 2.05) is 0 Å². The molecule has 18 heavy (non-hydrogen) atoms. The number of rotatable bonds is 3. The molecule has 1 aromatic heterocycles. The van der Waals surface area contributed by atoms with Gasteiger partial charge in [0.15, 0.2) is 5.82 Å². The normalized spacial score (nSPS) is 19.8. The number of halogens is 1. The minimum Gasteiger partial charge on any atom is -0.300 e. The first-order valence-corrected chi connectivity index (χ1v) is 6.81. The summed E-state index contributed by atoms with van der Waals surface area (Å²) in [4.78, 5) is 0. The average Bonchev–Trinajstić information content (AvgIpc) is 2.99. The minimum absolute atomic E-state index is 0.0960.